The average Bonchev–Trinajstić information content (AvgIpc) is 3.04. The van der Waals surface area contributed by atoms with Crippen molar-refractivity contribution in [2.45, 2.75) is 12.5 Å². The Kier molecular flexibility index (Phi) is 5.24. The number of H-pyrrole nitrogens is 1. The summed E-state index contributed by atoms with van der Waals surface area (Å²) in [7, 11) is 1.74. The number of nitrogens with one attached hydrogen (secondary N) is 1. The lowest BCUT2D eigenvalue weighted by Crippen LogP contribution is -2.49. The minimum Gasteiger partial charge on any atom is -0.383 e. The van der Waals surface area contributed by atoms with E-state index in [9.17, 15) is 4.79 Å². The lowest BCUT2D eigenvalue weighted by Gasteiger charge is -2.38. The maximum atomic E-state index is 13.0. The summed E-state index contributed by atoms with van der Waals surface area (Å²) < 4.78 is 11.3. The van der Waals surface area contributed by atoms with Gasteiger partial charge in [-0.05, 0) is 30.7 Å². The second-order valence-corrected chi connectivity index (χ2v) is 7.28. The van der Waals surface area contributed by atoms with Crippen LogP contribution in [0.1, 0.15) is 16.8 Å². The van der Waals surface area contributed by atoms with Crippen molar-refractivity contribution in [1.82, 2.24) is 14.8 Å². The first-order chi connectivity index (χ1) is 12.7. The van der Waals surface area contributed by atoms with Gasteiger partial charge in [0.2, 0.25) is 0 Å². The molecule has 2 atom stereocenters. The molecule has 2 aliphatic rings. The maximum absolute atomic E-state index is 13.0. The minimum atomic E-state index is 0.107. The number of hydrogen-bond donors (Lipinski definition) is 1. The number of ether oxygens (including phenoxy) is 2. The van der Waals surface area contributed by atoms with Gasteiger partial charge in [0.15, 0.2) is 0 Å². The number of rotatable bonds is 4. The Labute approximate surface area is 154 Å². The molecule has 0 saturated carbocycles. The number of hydrogen-bond acceptors (Lipinski definition) is 4. The van der Waals surface area contributed by atoms with Crippen molar-refractivity contribution in [2.24, 2.45) is 5.92 Å². The molecular weight excluding hydrogens is 330 g/mol. The van der Waals surface area contributed by atoms with E-state index in [1.54, 1.807) is 7.11 Å². The first-order valence-corrected chi connectivity index (χ1v) is 9.44. The van der Waals surface area contributed by atoms with E-state index >= 15 is 0 Å². The quantitative estimate of drug-likeness (QED) is 0.909. The molecule has 1 aromatic heterocycles. The van der Waals surface area contributed by atoms with E-state index in [-0.39, 0.29) is 12.0 Å². The predicted molar refractivity (Wildman–Crippen MR) is 100 cm³/mol. The Bertz CT molecular complexity index is 760. The van der Waals surface area contributed by atoms with Crippen molar-refractivity contribution >= 4 is 16.8 Å². The average molecular weight is 357 g/mol. The highest BCUT2D eigenvalue weighted by Crippen LogP contribution is 2.25. The van der Waals surface area contributed by atoms with Crippen molar-refractivity contribution in [3.63, 3.8) is 0 Å². The number of nitrogens with zero attached hydrogens (tertiary/aromatic N) is 2. The van der Waals surface area contributed by atoms with Crippen molar-refractivity contribution < 1.29 is 14.3 Å². The van der Waals surface area contributed by atoms with E-state index in [1.807, 2.05) is 35.4 Å². The van der Waals surface area contributed by atoms with Gasteiger partial charge < -0.3 is 19.4 Å². The van der Waals surface area contributed by atoms with Crippen molar-refractivity contribution in [3.8, 4) is 0 Å². The Morgan fingerprint density at radius 2 is 2.23 bits per heavy atom. The number of benzene rings is 1. The monoisotopic (exact) mass is 357 g/mol. The molecule has 26 heavy (non-hydrogen) atoms. The lowest BCUT2D eigenvalue weighted by atomic mass is 9.92. The highest BCUT2D eigenvalue weighted by Gasteiger charge is 2.35. The normalized spacial score (nSPS) is 24.4. The molecule has 1 amide bonds. The van der Waals surface area contributed by atoms with Gasteiger partial charge in [0.05, 0.1) is 19.3 Å². The molecular formula is C20H27N3O3. The molecule has 2 fully saturated rings. The molecule has 0 bridgehead atoms. The van der Waals surface area contributed by atoms with E-state index in [0.717, 1.165) is 62.3 Å². The van der Waals surface area contributed by atoms with E-state index < -0.39 is 0 Å². The summed E-state index contributed by atoms with van der Waals surface area (Å²) in [6.07, 6.45) is 3.03. The Morgan fingerprint density at radius 3 is 3.12 bits per heavy atom. The van der Waals surface area contributed by atoms with Gasteiger partial charge in [0.1, 0.15) is 0 Å². The number of fused-ring (bicyclic) bond motifs is 2. The number of methoxy groups -OCH3 is 1. The van der Waals surface area contributed by atoms with Crippen LogP contribution in [0.5, 0.6) is 0 Å². The zero-order valence-electron chi connectivity index (χ0n) is 15.3. The SMILES string of the molecule is COCCN1CCO[C@H]2CN(C(=O)c3ccc4[nH]ccc4c3)CC[C@H]2C1. The van der Waals surface area contributed by atoms with E-state index in [4.69, 9.17) is 9.47 Å². The molecule has 3 heterocycles. The molecule has 0 radical (unpaired) electrons. The molecule has 4 rings (SSSR count). The van der Waals surface area contributed by atoms with Gasteiger partial charge in [-0.15, -0.1) is 0 Å². The van der Waals surface area contributed by atoms with Crippen LogP contribution in [0.4, 0.5) is 0 Å². The number of amides is 1. The molecule has 6 nitrogen and oxygen atoms in total. The number of carbonyl (C=O) groups is 1. The lowest BCUT2D eigenvalue weighted by molar-refractivity contribution is -0.0171. The van der Waals surface area contributed by atoms with Gasteiger partial charge in [-0.3, -0.25) is 9.69 Å². The summed E-state index contributed by atoms with van der Waals surface area (Å²) >= 11 is 0. The number of piperidine rings is 1. The number of aromatic nitrogens is 1. The van der Waals surface area contributed by atoms with Crippen LogP contribution in [0.25, 0.3) is 10.9 Å². The second kappa shape index (κ2) is 7.78. The summed E-state index contributed by atoms with van der Waals surface area (Å²) in [4.78, 5) is 20.5. The highest BCUT2D eigenvalue weighted by molar-refractivity contribution is 5.98. The first kappa shape index (κ1) is 17.5. The minimum absolute atomic E-state index is 0.107. The topological polar surface area (TPSA) is 57.8 Å². The smallest absolute Gasteiger partial charge is 0.253 e. The van der Waals surface area contributed by atoms with Crippen LogP contribution in [0.2, 0.25) is 0 Å². The second-order valence-electron chi connectivity index (χ2n) is 7.28. The molecule has 0 spiro atoms. The summed E-state index contributed by atoms with van der Waals surface area (Å²) in [5.74, 6) is 0.598. The zero-order chi connectivity index (χ0) is 17.9. The molecule has 1 N–H and O–H groups in total. The fourth-order valence-electron chi connectivity index (χ4n) is 4.10. The standard InChI is InChI=1S/C20H27N3O3/c1-25-10-8-22-9-11-26-19-14-23(7-5-17(19)13-22)20(24)16-2-3-18-15(12-16)4-6-21-18/h2-4,6,12,17,19,21H,5,7-11,13-14H2,1H3/t17-,19-/m0/s1. The third kappa shape index (κ3) is 3.63. The maximum Gasteiger partial charge on any atom is 0.253 e. The summed E-state index contributed by atoms with van der Waals surface area (Å²) in [6, 6.07) is 7.86. The largest absolute Gasteiger partial charge is 0.383 e. The summed E-state index contributed by atoms with van der Waals surface area (Å²) in [5, 5.41) is 1.07. The van der Waals surface area contributed by atoms with Crippen LogP contribution >= 0.6 is 0 Å². The number of likely N-dealkylation sites (tertiary alicyclic amines) is 1. The van der Waals surface area contributed by atoms with Crippen molar-refractivity contribution in [1.29, 1.82) is 0 Å². The molecule has 2 aromatic rings. The predicted octanol–water partition coefficient (Wildman–Crippen LogP) is 1.98. The van der Waals surface area contributed by atoms with Crippen LogP contribution < -0.4 is 0 Å². The fourth-order valence-corrected chi connectivity index (χ4v) is 4.10. The molecule has 2 aliphatic heterocycles. The van der Waals surface area contributed by atoms with Crippen LogP contribution in [0.3, 0.4) is 0 Å². The Balaban J connectivity index is 1.41. The van der Waals surface area contributed by atoms with Gasteiger partial charge in [-0.25, -0.2) is 0 Å². The van der Waals surface area contributed by atoms with Crippen molar-refractivity contribution in [2.75, 3.05) is 53.0 Å². The number of aromatic amines is 1. The molecule has 140 valence electrons. The molecule has 0 aliphatic carbocycles. The van der Waals surface area contributed by atoms with Crippen LogP contribution in [0, 0.1) is 5.92 Å². The van der Waals surface area contributed by atoms with Gasteiger partial charge in [-0.1, -0.05) is 0 Å². The summed E-state index contributed by atoms with van der Waals surface area (Å²) in [5.41, 5.74) is 1.81. The first-order valence-electron chi connectivity index (χ1n) is 9.44. The molecule has 2 saturated heterocycles. The van der Waals surface area contributed by atoms with E-state index in [0.29, 0.717) is 12.5 Å². The van der Waals surface area contributed by atoms with E-state index in [2.05, 4.69) is 9.88 Å². The van der Waals surface area contributed by atoms with Crippen LogP contribution in [-0.2, 0) is 9.47 Å². The highest BCUT2D eigenvalue weighted by atomic mass is 16.5. The van der Waals surface area contributed by atoms with Crippen molar-refractivity contribution in [3.05, 3.63) is 36.0 Å². The molecule has 0 unspecified atom stereocenters. The third-order valence-corrected chi connectivity index (χ3v) is 5.63. The van der Waals surface area contributed by atoms with Crippen LogP contribution in [-0.4, -0.2) is 79.8 Å². The fraction of sp³-hybridized carbons (Fsp3) is 0.550. The molecule has 6 heteroatoms. The van der Waals surface area contributed by atoms with Gasteiger partial charge in [-0.2, -0.15) is 0 Å². The Hall–Kier alpha value is -1.89. The van der Waals surface area contributed by atoms with E-state index in [1.165, 1.54) is 0 Å². The number of carbonyl (C=O) groups excluding carboxylic acids is 1. The zero-order valence-corrected chi connectivity index (χ0v) is 15.3. The van der Waals surface area contributed by atoms with Gasteiger partial charge in [0.25, 0.3) is 5.91 Å². The Morgan fingerprint density at radius 1 is 1.31 bits per heavy atom. The summed E-state index contributed by atoms with van der Waals surface area (Å²) in [6.45, 7) is 5.88. The van der Waals surface area contributed by atoms with Gasteiger partial charge in [0, 0.05) is 68.4 Å². The third-order valence-electron chi connectivity index (χ3n) is 5.63. The molecule has 1 aromatic carbocycles. The van der Waals surface area contributed by atoms with Crippen LogP contribution in [0.15, 0.2) is 30.5 Å². The van der Waals surface area contributed by atoms with Gasteiger partial charge >= 0.3 is 0 Å².